The summed E-state index contributed by atoms with van der Waals surface area (Å²) in [5.41, 5.74) is 2.66. The van der Waals surface area contributed by atoms with Gasteiger partial charge in [-0.25, -0.2) is 4.79 Å². The molecule has 2 N–H and O–H groups in total. The van der Waals surface area contributed by atoms with Crippen LogP contribution in [-0.2, 0) is 4.79 Å². The van der Waals surface area contributed by atoms with Crippen LogP contribution in [0.5, 0.6) is 0 Å². The van der Waals surface area contributed by atoms with E-state index in [4.69, 9.17) is 11.6 Å². The number of hydrogen-bond acceptors (Lipinski definition) is 2. The van der Waals surface area contributed by atoms with Crippen LogP contribution in [0.4, 0.5) is 16.2 Å². The normalized spacial score (nSPS) is 13.6. The minimum absolute atomic E-state index is 0.207. The Morgan fingerprint density at radius 1 is 1.19 bits per heavy atom. The number of nitrogens with zero attached hydrogens (tertiary/aromatic N) is 1. The van der Waals surface area contributed by atoms with E-state index in [-0.39, 0.29) is 12.5 Å². The quantitative estimate of drug-likeness (QED) is 0.847. The van der Waals surface area contributed by atoms with Gasteiger partial charge in [-0.1, -0.05) is 29.8 Å². The van der Waals surface area contributed by atoms with Crippen molar-refractivity contribution in [2.24, 2.45) is 0 Å². The zero-order chi connectivity index (χ0) is 15.0. The molecule has 106 valence electrons. The van der Waals surface area contributed by atoms with Gasteiger partial charge in [0.25, 0.3) is 0 Å². The molecule has 0 aromatic heterocycles. The fraction of sp³-hybridized carbons (Fsp3) is 0.0667. The summed E-state index contributed by atoms with van der Waals surface area (Å²) in [6, 6.07) is 12.5. The summed E-state index contributed by atoms with van der Waals surface area (Å²) in [5.74, 6) is -0.347. The topological polar surface area (TPSA) is 69.6 Å². The lowest BCUT2D eigenvalue weighted by molar-refractivity contribution is -0.115. The highest BCUT2D eigenvalue weighted by molar-refractivity contribution is 6.30. The maximum absolute atomic E-state index is 11.5. The minimum atomic E-state index is -1.16. The molecular weight excluding hydrogens is 292 g/mol. The Morgan fingerprint density at radius 3 is 2.67 bits per heavy atom. The monoisotopic (exact) mass is 302 g/mol. The smallest absolute Gasteiger partial charge is 0.412 e. The zero-order valence-corrected chi connectivity index (χ0v) is 11.6. The van der Waals surface area contributed by atoms with Gasteiger partial charge in [0.2, 0.25) is 5.91 Å². The van der Waals surface area contributed by atoms with E-state index in [0.717, 1.165) is 16.0 Å². The third kappa shape index (κ3) is 2.55. The average molecular weight is 303 g/mol. The number of benzene rings is 2. The molecule has 3 rings (SSSR count). The van der Waals surface area contributed by atoms with Crippen LogP contribution in [0.2, 0.25) is 5.02 Å². The summed E-state index contributed by atoms with van der Waals surface area (Å²) >= 11 is 5.97. The molecule has 5 nitrogen and oxygen atoms in total. The Morgan fingerprint density at radius 2 is 1.95 bits per heavy atom. The molecule has 6 heteroatoms. The second-order valence-electron chi connectivity index (χ2n) is 4.66. The maximum Gasteiger partial charge on any atom is 0.412 e. The number of rotatable bonds is 1. The molecule has 2 amide bonds. The van der Waals surface area contributed by atoms with E-state index in [1.807, 2.05) is 18.2 Å². The van der Waals surface area contributed by atoms with Crippen molar-refractivity contribution in [3.63, 3.8) is 0 Å². The fourth-order valence-electron chi connectivity index (χ4n) is 2.30. The average Bonchev–Trinajstić information content (AvgIpc) is 2.45. The fourth-order valence-corrected chi connectivity index (χ4v) is 2.49. The Labute approximate surface area is 125 Å². The van der Waals surface area contributed by atoms with Gasteiger partial charge in [0.05, 0.1) is 11.4 Å². The molecule has 2 aromatic rings. The second kappa shape index (κ2) is 5.10. The number of hydrogen-bond donors (Lipinski definition) is 2. The Hall–Kier alpha value is -2.53. The van der Waals surface area contributed by atoms with Gasteiger partial charge in [-0.2, -0.15) is 0 Å². The SMILES string of the molecule is O=C1CN(C(=O)O)c2cc(-c3cccc(Cl)c3)ccc2N1. The first kappa shape index (κ1) is 13.5. The standard InChI is InChI=1S/C15H11ClN2O3/c16-11-3-1-2-9(6-11)10-4-5-12-13(7-10)18(15(20)21)8-14(19)17-12/h1-7H,8H2,(H,17,19)(H,20,21). The number of nitrogens with one attached hydrogen (secondary N) is 1. The van der Waals surface area contributed by atoms with Crippen LogP contribution in [-0.4, -0.2) is 23.7 Å². The van der Waals surface area contributed by atoms with Crippen LogP contribution in [0.15, 0.2) is 42.5 Å². The summed E-state index contributed by atoms with van der Waals surface area (Å²) in [4.78, 5) is 23.8. The number of anilines is 2. The highest BCUT2D eigenvalue weighted by Gasteiger charge is 2.26. The molecule has 0 spiro atoms. The van der Waals surface area contributed by atoms with Crippen LogP contribution in [0.1, 0.15) is 0 Å². The van der Waals surface area contributed by atoms with E-state index in [2.05, 4.69) is 5.32 Å². The van der Waals surface area contributed by atoms with E-state index in [0.29, 0.717) is 16.4 Å². The van der Waals surface area contributed by atoms with Crippen molar-refractivity contribution in [2.75, 3.05) is 16.8 Å². The maximum atomic E-state index is 11.5. The third-order valence-electron chi connectivity index (χ3n) is 3.25. The largest absolute Gasteiger partial charge is 0.465 e. The highest BCUT2D eigenvalue weighted by atomic mass is 35.5. The molecule has 0 saturated heterocycles. The first-order valence-corrected chi connectivity index (χ1v) is 6.63. The van der Waals surface area contributed by atoms with Gasteiger partial charge in [-0.15, -0.1) is 0 Å². The van der Waals surface area contributed by atoms with Gasteiger partial charge < -0.3 is 10.4 Å². The summed E-state index contributed by atoms with van der Waals surface area (Å²) in [5, 5.41) is 12.5. The summed E-state index contributed by atoms with van der Waals surface area (Å²) in [6.07, 6.45) is -1.16. The number of fused-ring (bicyclic) bond motifs is 1. The van der Waals surface area contributed by atoms with Crippen molar-refractivity contribution < 1.29 is 14.7 Å². The predicted molar refractivity (Wildman–Crippen MR) is 80.9 cm³/mol. The Kier molecular flexibility index (Phi) is 3.27. The van der Waals surface area contributed by atoms with Gasteiger partial charge >= 0.3 is 6.09 Å². The van der Waals surface area contributed by atoms with E-state index >= 15 is 0 Å². The number of carbonyl (C=O) groups is 2. The molecule has 0 saturated carbocycles. The van der Waals surface area contributed by atoms with Crippen LogP contribution in [0.3, 0.4) is 0 Å². The molecule has 1 heterocycles. The van der Waals surface area contributed by atoms with Crippen LogP contribution >= 0.6 is 11.6 Å². The van der Waals surface area contributed by atoms with E-state index < -0.39 is 6.09 Å². The lowest BCUT2D eigenvalue weighted by atomic mass is 10.0. The van der Waals surface area contributed by atoms with Crippen molar-refractivity contribution in [3.8, 4) is 11.1 Å². The molecule has 21 heavy (non-hydrogen) atoms. The highest BCUT2D eigenvalue weighted by Crippen LogP contribution is 2.34. The lowest BCUT2D eigenvalue weighted by Crippen LogP contribution is -2.41. The van der Waals surface area contributed by atoms with Crippen molar-refractivity contribution in [1.29, 1.82) is 0 Å². The van der Waals surface area contributed by atoms with Gasteiger partial charge in [0.1, 0.15) is 6.54 Å². The minimum Gasteiger partial charge on any atom is -0.465 e. The van der Waals surface area contributed by atoms with Crippen LogP contribution in [0.25, 0.3) is 11.1 Å². The molecule has 0 bridgehead atoms. The number of carboxylic acid groups (broad SMARTS) is 1. The predicted octanol–water partition coefficient (Wildman–Crippen LogP) is 3.44. The Balaban J connectivity index is 2.10. The summed E-state index contributed by atoms with van der Waals surface area (Å²) in [7, 11) is 0. The van der Waals surface area contributed by atoms with Crippen molar-refractivity contribution in [1.82, 2.24) is 0 Å². The van der Waals surface area contributed by atoms with Gasteiger partial charge in [0, 0.05) is 5.02 Å². The number of halogens is 1. The lowest BCUT2D eigenvalue weighted by Gasteiger charge is -2.27. The summed E-state index contributed by atoms with van der Waals surface area (Å²) in [6.45, 7) is -0.207. The summed E-state index contributed by atoms with van der Waals surface area (Å²) < 4.78 is 0. The molecular formula is C15H11ClN2O3. The number of carbonyl (C=O) groups excluding carboxylic acids is 1. The first-order valence-electron chi connectivity index (χ1n) is 6.25. The van der Waals surface area contributed by atoms with E-state index in [9.17, 15) is 14.7 Å². The van der Waals surface area contributed by atoms with Gasteiger partial charge in [-0.3, -0.25) is 9.69 Å². The van der Waals surface area contributed by atoms with Gasteiger partial charge in [0.15, 0.2) is 0 Å². The molecule has 0 atom stereocenters. The van der Waals surface area contributed by atoms with Crippen molar-refractivity contribution in [2.45, 2.75) is 0 Å². The zero-order valence-electron chi connectivity index (χ0n) is 10.8. The second-order valence-corrected chi connectivity index (χ2v) is 5.10. The molecule has 1 aliphatic heterocycles. The third-order valence-corrected chi connectivity index (χ3v) is 3.49. The van der Waals surface area contributed by atoms with Crippen LogP contribution in [0, 0.1) is 0 Å². The van der Waals surface area contributed by atoms with Crippen molar-refractivity contribution in [3.05, 3.63) is 47.5 Å². The molecule has 0 fully saturated rings. The van der Waals surface area contributed by atoms with Crippen molar-refractivity contribution >= 4 is 35.0 Å². The van der Waals surface area contributed by atoms with Crippen LogP contribution < -0.4 is 10.2 Å². The molecule has 1 aliphatic rings. The van der Waals surface area contributed by atoms with E-state index in [1.165, 1.54) is 0 Å². The molecule has 0 unspecified atom stereocenters. The molecule has 0 aliphatic carbocycles. The number of amides is 2. The van der Waals surface area contributed by atoms with E-state index in [1.54, 1.807) is 24.3 Å². The van der Waals surface area contributed by atoms with Gasteiger partial charge in [-0.05, 0) is 35.4 Å². The molecule has 2 aromatic carbocycles. The molecule has 0 radical (unpaired) electrons. The first-order chi connectivity index (χ1) is 10.0. The Bertz CT molecular complexity index is 745.